The summed E-state index contributed by atoms with van der Waals surface area (Å²) in [5.74, 6) is -0.528. The van der Waals surface area contributed by atoms with Crippen molar-refractivity contribution in [2.75, 3.05) is 20.3 Å². The maximum Gasteiger partial charge on any atom is 0.338 e. The van der Waals surface area contributed by atoms with Gasteiger partial charge in [0.1, 0.15) is 12.4 Å². The summed E-state index contributed by atoms with van der Waals surface area (Å²) in [6.45, 7) is -0.565. The fraction of sp³-hybridized carbons (Fsp3) is 0.211. The van der Waals surface area contributed by atoms with Crippen molar-refractivity contribution in [1.29, 1.82) is 0 Å². The van der Waals surface area contributed by atoms with E-state index in [9.17, 15) is 14.4 Å². The van der Waals surface area contributed by atoms with E-state index >= 15 is 0 Å². The molecule has 0 unspecified atom stereocenters. The van der Waals surface area contributed by atoms with Crippen molar-refractivity contribution in [1.82, 2.24) is 10.9 Å². The van der Waals surface area contributed by atoms with Crippen molar-refractivity contribution in [3.8, 4) is 17.2 Å². The molecule has 0 aliphatic carbocycles. The van der Waals surface area contributed by atoms with Gasteiger partial charge in [-0.15, -0.1) is 0 Å². The molecule has 28 heavy (non-hydrogen) atoms. The Labute approximate surface area is 160 Å². The number of nitrogens with one attached hydrogen (secondary N) is 2. The molecule has 1 aliphatic heterocycles. The summed E-state index contributed by atoms with van der Waals surface area (Å²) in [6, 6.07) is 13.3. The summed E-state index contributed by atoms with van der Waals surface area (Å²) >= 11 is 0. The second-order valence-electron chi connectivity index (χ2n) is 5.71. The Morgan fingerprint density at radius 2 is 1.86 bits per heavy atom. The highest BCUT2D eigenvalue weighted by atomic mass is 16.6. The molecule has 0 bridgehead atoms. The SMILES string of the molecule is COc1cccc(C(=O)OCC(=O)NNC(=O)[C@H]2COc3ccccc3O2)c1. The summed E-state index contributed by atoms with van der Waals surface area (Å²) < 4.78 is 20.9. The van der Waals surface area contributed by atoms with Gasteiger partial charge in [0, 0.05) is 0 Å². The Balaban J connectivity index is 1.43. The predicted molar refractivity (Wildman–Crippen MR) is 95.9 cm³/mol. The topological polar surface area (TPSA) is 112 Å². The number of carbonyl (C=O) groups excluding carboxylic acids is 3. The van der Waals surface area contributed by atoms with E-state index in [0.29, 0.717) is 17.2 Å². The summed E-state index contributed by atoms with van der Waals surface area (Å²) in [5, 5.41) is 0. The average molecular weight is 386 g/mol. The molecule has 9 nitrogen and oxygen atoms in total. The van der Waals surface area contributed by atoms with Crippen molar-refractivity contribution >= 4 is 17.8 Å². The number of amides is 2. The standard InChI is InChI=1S/C19H18N2O7/c1-25-13-6-4-5-12(9-13)19(24)27-11-17(22)20-21-18(23)16-10-26-14-7-2-3-8-15(14)28-16/h2-9,16H,10-11H2,1H3,(H,20,22)(H,21,23)/t16-/m1/s1. The molecule has 9 heteroatoms. The van der Waals surface area contributed by atoms with Crippen molar-refractivity contribution in [2.45, 2.75) is 6.10 Å². The molecular weight excluding hydrogens is 368 g/mol. The zero-order chi connectivity index (χ0) is 19.9. The summed E-state index contributed by atoms with van der Waals surface area (Å²) in [6.07, 6.45) is -0.922. The minimum Gasteiger partial charge on any atom is -0.497 e. The minimum absolute atomic E-state index is 0.00352. The van der Waals surface area contributed by atoms with E-state index in [-0.39, 0.29) is 12.2 Å². The summed E-state index contributed by atoms with van der Waals surface area (Å²) in [4.78, 5) is 35.8. The fourth-order valence-corrected chi connectivity index (χ4v) is 2.36. The molecular formula is C19H18N2O7. The van der Waals surface area contributed by atoms with Crippen LogP contribution in [0.4, 0.5) is 0 Å². The fourth-order valence-electron chi connectivity index (χ4n) is 2.36. The molecule has 0 saturated heterocycles. The molecule has 0 radical (unpaired) electrons. The lowest BCUT2D eigenvalue weighted by atomic mass is 10.2. The number of benzene rings is 2. The molecule has 2 aromatic rings. The first kappa shape index (κ1) is 19.0. The molecule has 2 N–H and O–H groups in total. The van der Waals surface area contributed by atoms with Crippen LogP contribution in [0.25, 0.3) is 0 Å². The molecule has 0 spiro atoms. The van der Waals surface area contributed by atoms with Crippen LogP contribution in [0.2, 0.25) is 0 Å². The molecule has 0 aromatic heterocycles. The van der Waals surface area contributed by atoms with Crippen molar-refractivity contribution in [2.24, 2.45) is 0 Å². The monoisotopic (exact) mass is 386 g/mol. The molecule has 1 heterocycles. The highest BCUT2D eigenvalue weighted by molar-refractivity contribution is 5.92. The third-order valence-electron chi connectivity index (χ3n) is 3.77. The number of para-hydroxylation sites is 2. The number of hydrazine groups is 1. The van der Waals surface area contributed by atoms with Gasteiger partial charge in [0.25, 0.3) is 11.8 Å². The van der Waals surface area contributed by atoms with Gasteiger partial charge in [-0.1, -0.05) is 18.2 Å². The molecule has 1 atom stereocenters. The quantitative estimate of drug-likeness (QED) is 0.578. The molecule has 0 saturated carbocycles. The number of carbonyl (C=O) groups is 3. The molecule has 2 amide bonds. The Hall–Kier alpha value is -3.75. The minimum atomic E-state index is -0.922. The van der Waals surface area contributed by atoms with Crippen LogP contribution in [-0.4, -0.2) is 44.2 Å². The number of hydrogen-bond donors (Lipinski definition) is 2. The van der Waals surface area contributed by atoms with E-state index < -0.39 is 30.5 Å². The van der Waals surface area contributed by atoms with Crippen LogP contribution >= 0.6 is 0 Å². The van der Waals surface area contributed by atoms with Gasteiger partial charge in [0.05, 0.1) is 12.7 Å². The van der Waals surface area contributed by atoms with E-state index in [2.05, 4.69) is 10.9 Å². The molecule has 146 valence electrons. The van der Waals surface area contributed by atoms with E-state index in [1.54, 1.807) is 36.4 Å². The van der Waals surface area contributed by atoms with Gasteiger partial charge >= 0.3 is 5.97 Å². The van der Waals surface area contributed by atoms with Crippen LogP contribution < -0.4 is 25.1 Å². The first-order chi connectivity index (χ1) is 13.6. The predicted octanol–water partition coefficient (Wildman–Crippen LogP) is 0.839. The number of methoxy groups -OCH3 is 1. The van der Waals surface area contributed by atoms with Crippen LogP contribution in [0.1, 0.15) is 10.4 Å². The lowest BCUT2D eigenvalue weighted by molar-refractivity contribution is -0.135. The van der Waals surface area contributed by atoms with Gasteiger partial charge in [-0.2, -0.15) is 0 Å². The molecule has 0 fully saturated rings. The Kier molecular flexibility index (Phi) is 5.95. The maximum absolute atomic E-state index is 12.1. The lowest BCUT2D eigenvalue weighted by Gasteiger charge is -2.25. The van der Waals surface area contributed by atoms with Gasteiger partial charge < -0.3 is 18.9 Å². The first-order valence-electron chi connectivity index (χ1n) is 8.35. The van der Waals surface area contributed by atoms with Crippen LogP contribution in [0.3, 0.4) is 0 Å². The lowest BCUT2D eigenvalue weighted by Crippen LogP contribution is -2.51. The van der Waals surface area contributed by atoms with Crippen molar-refractivity contribution in [3.05, 3.63) is 54.1 Å². The molecule has 1 aliphatic rings. The van der Waals surface area contributed by atoms with Crippen LogP contribution in [0.15, 0.2) is 48.5 Å². The van der Waals surface area contributed by atoms with Crippen LogP contribution in [0, 0.1) is 0 Å². The normalized spacial score (nSPS) is 14.5. The van der Waals surface area contributed by atoms with Gasteiger partial charge in [-0.05, 0) is 30.3 Å². The van der Waals surface area contributed by atoms with E-state index in [0.717, 1.165) is 0 Å². The number of hydrogen-bond acceptors (Lipinski definition) is 7. The highest BCUT2D eigenvalue weighted by Crippen LogP contribution is 2.30. The number of fused-ring (bicyclic) bond motifs is 1. The number of rotatable bonds is 5. The number of esters is 1. The third-order valence-corrected chi connectivity index (χ3v) is 3.77. The zero-order valence-corrected chi connectivity index (χ0v) is 15.0. The summed E-state index contributed by atoms with van der Waals surface area (Å²) in [7, 11) is 1.47. The Bertz CT molecular complexity index is 884. The maximum atomic E-state index is 12.1. The second-order valence-corrected chi connectivity index (χ2v) is 5.71. The van der Waals surface area contributed by atoms with E-state index in [1.807, 2.05) is 0 Å². The Morgan fingerprint density at radius 1 is 1.07 bits per heavy atom. The van der Waals surface area contributed by atoms with Crippen molar-refractivity contribution in [3.63, 3.8) is 0 Å². The van der Waals surface area contributed by atoms with Gasteiger partial charge in [-0.3, -0.25) is 20.4 Å². The van der Waals surface area contributed by atoms with Gasteiger partial charge in [0.15, 0.2) is 18.1 Å². The van der Waals surface area contributed by atoms with Gasteiger partial charge in [0.2, 0.25) is 6.10 Å². The summed E-state index contributed by atoms with van der Waals surface area (Å²) in [5.41, 5.74) is 4.61. The molecule has 2 aromatic carbocycles. The van der Waals surface area contributed by atoms with Crippen molar-refractivity contribution < 1.29 is 33.3 Å². The third kappa shape index (κ3) is 4.70. The zero-order valence-electron chi connectivity index (χ0n) is 15.0. The van der Waals surface area contributed by atoms with Crippen LogP contribution in [0.5, 0.6) is 17.2 Å². The van der Waals surface area contributed by atoms with E-state index in [1.165, 1.54) is 19.2 Å². The smallest absolute Gasteiger partial charge is 0.338 e. The first-order valence-corrected chi connectivity index (χ1v) is 8.35. The van der Waals surface area contributed by atoms with Gasteiger partial charge in [-0.25, -0.2) is 4.79 Å². The average Bonchev–Trinajstić information content (AvgIpc) is 2.75. The molecule has 3 rings (SSSR count). The van der Waals surface area contributed by atoms with E-state index in [4.69, 9.17) is 18.9 Å². The van der Waals surface area contributed by atoms with Crippen LogP contribution in [-0.2, 0) is 14.3 Å². The second kappa shape index (κ2) is 8.76. The number of ether oxygens (including phenoxy) is 4. The highest BCUT2D eigenvalue weighted by Gasteiger charge is 2.27. The largest absolute Gasteiger partial charge is 0.497 e. The Morgan fingerprint density at radius 3 is 2.64 bits per heavy atom.